The number of esters is 1. The third-order valence-electron chi connectivity index (χ3n) is 3.42. The van der Waals surface area contributed by atoms with Gasteiger partial charge in [-0.15, -0.1) is 0 Å². The van der Waals surface area contributed by atoms with Crippen LogP contribution in [0.2, 0.25) is 0 Å². The van der Waals surface area contributed by atoms with Gasteiger partial charge in [0.1, 0.15) is 0 Å². The van der Waals surface area contributed by atoms with Crippen LogP contribution in [0.15, 0.2) is 12.1 Å². The highest BCUT2D eigenvalue weighted by atomic mass is 16.5. The summed E-state index contributed by atoms with van der Waals surface area (Å²) in [7, 11) is 0. The van der Waals surface area contributed by atoms with E-state index in [-0.39, 0.29) is 17.2 Å². The average molecular weight is 279 g/mol. The molecular weight excluding hydrogens is 258 g/mol. The van der Waals surface area contributed by atoms with Crippen LogP contribution in [0, 0.1) is 5.41 Å². The van der Waals surface area contributed by atoms with Gasteiger partial charge in [0.2, 0.25) is 0 Å². The highest BCUT2D eigenvalue weighted by Gasteiger charge is 2.36. The molecule has 0 unspecified atom stereocenters. The molecule has 6 nitrogen and oxygen atoms in total. The molecule has 1 aromatic rings. The van der Waals surface area contributed by atoms with Crippen molar-refractivity contribution in [2.75, 3.05) is 30.9 Å². The lowest BCUT2D eigenvalue weighted by Gasteiger charge is -2.26. The average Bonchev–Trinajstić information content (AvgIpc) is 2.71. The first-order valence-electron chi connectivity index (χ1n) is 6.72. The van der Waals surface area contributed by atoms with Gasteiger partial charge in [-0.25, -0.2) is 9.78 Å². The molecule has 0 aromatic carbocycles. The fourth-order valence-electron chi connectivity index (χ4n) is 2.07. The summed E-state index contributed by atoms with van der Waals surface area (Å²) < 4.78 is 10.4. The fourth-order valence-corrected chi connectivity index (χ4v) is 2.07. The Balaban J connectivity index is 2.19. The molecule has 1 saturated heterocycles. The normalized spacial score (nSPS) is 20.6. The number of aromatic nitrogens is 1. The summed E-state index contributed by atoms with van der Waals surface area (Å²) >= 11 is 0. The van der Waals surface area contributed by atoms with Crippen LogP contribution in [0.3, 0.4) is 0 Å². The molecule has 0 spiro atoms. The number of hydrogen-bond acceptors (Lipinski definition) is 6. The minimum Gasteiger partial charge on any atom is -0.461 e. The molecule has 2 rings (SSSR count). The third kappa shape index (κ3) is 3.01. The van der Waals surface area contributed by atoms with Crippen LogP contribution in [0.1, 0.15) is 31.3 Å². The van der Waals surface area contributed by atoms with Crippen molar-refractivity contribution in [2.24, 2.45) is 5.41 Å². The number of rotatable bonds is 4. The molecule has 1 aliphatic rings. The first-order chi connectivity index (χ1) is 9.44. The second kappa shape index (κ2) is 5.66. The number of pyridine rings is 1. The Morgan fingerprint density at radius 3 is 2.95 bits per heavy atom. The Labute approximate surface area is 118 Å². The number of carbonyl (C=O) groups is 1. The lowest BCUT2D eigenvalue weighted by atomic mass is 9.88. The number of nitrogens with two attached hydrogens (primary N) is 1. The third-order valence-corrected chi connectivity index (χ3v) is 3.42. The van der Waals surface area contributed by atoms with E-state index in [1.165, 1.54) is 0 Å². The summed E-state index contributed by atoms with van der Waals surface area (Å²) in [5.74, 6) is 0.0524. The highest BCUT2D eigenvalue weighted by molar-refractivity contribution is 5.88. The van der Waals surface area contributed by atoms with Crippen molar-refractivity contribution < 1.29 is 14.3 Å². The summed E-state index contributed by atoms with van der Waals surface area (Å²) in [5, 5.41) is 3.27. The molecule has 0 amide bonds. The van der Waals surface area contributed by atoms with Crippen molar-refractivity contribution in [3.63, 3.8) is 0 Å². The van der Waals surface area contributed by atoms with Gasteiger partial charge < -0.3 is 20.5 Å². The number of ether oxygens (including phenoxy) is 2. The SMILES string of the molecule is CCOC(=O)c1ccc(N)c(N[C@@H]2COCC2(C)C)n1. The smallest absolute Gasteiger partial charge is 0.357 e. The van der Waals surface area contributed by atoms with E-state index in [4.69, 9.17) is 15.2 Å². The van der Waals surface area contributed by atoms with Crippen molar-refractivity contribution in [1.82, 2.24) is 4.98 Å². The minimum absolute atomic E-state index is 0.00590. The maximum Gasteiger partial charge on any atom is 0.357 e. The van der Waals surface area contributed by atoms with E-state index in [9.17, 15) is 4.79 Å². The second-order valence-corrected chi connectivity index (χ2v) is 5.56. The minimum atomic E-state index is -0.447. The van der Waals surface area contributed by atoms with Crippen molar-refractivity contribution in [3.8, 4) is 0 Å². The number of nitrogen functional groups attached to an aromatic ring is 1. The molecule has 0 bridgehead atoms. The van der Waals surface area contributed by atoms with Gasteiger partial charge in [0.15, 0.2) is 11.5 Å². The number of carbonyl (C=O) groups excluding carboxylic acids is 1. The van der Waals surface area contributed by atoms with E-state index in [0.29, 0.717) is 31.3 Å². The summed E-state index contributed by atoms with van der Waals surface area (Å²) in [6.07, 6.45) is 0. The lowest BCUT2D eigenvalue weighted by Crippen LogP contribution is -2.35. The molecule has 1 atom stereocenters. The summed E-state index contributed by atoms with van der Waals surface area (Å²) in [5.41, 5.74) is 6.66. The molecule has 2 heterocycles. The van der Waals surface area contributed by atoms with Gasteiger partial charge in [-0.2, -0.15) is 0 Å². The maximum absolute atomic E-state index is 11.7. The molecule has 3 N–H and O–H groups in total. The van der Waals surface area contributed by atoms with Crippen LogP contribution < -0.4 is 11.1 Å². The van der Waals surface area contributed by atoms with Crippen molar-refractivity contribution in [1.29, 1.82) is 0 Å². The quantitative estimate of drug-likeness (QED) is 0.815. The Morgan fingerprint density at radius 1 is 1.60 bits per heavy atom. The van der Waals surface area contributed by atoms with Gasteiger partial charge in [0, 0.05) is 5.41 Å². The monoisotopic (exact) mass is 279 g/mol. The predicted octanol–water partition coefficient (Wildman–Crippen LogP) is 1.68. The summed E-state index contributed by atoms with van der Waals surface area (Å²) in [6.45, 7) is 7.58. The van der Waals surface area contributed by atoms with E-state index in [1.807, 2.05) is 0 Å². The van der Waals surface area contributed by atoms with Crippen LogP contribution in [0.4, 0.5) is 11.5 Å². The van der Waals surface area contributed by atoms with Crippen molar-refractivity contribution in [3.05, 3.63) is 17.8 Å². The fraction of sp³-hybridized carbons (Fsp3) is 0.571. The molecule has 20 heavy (non-hydrogen) atoms. The number of anilines is 2. The molecule has 6 heteroatoms. The Bertz CT molecular complexity index is 502. The van der Waals surface area contributed by atoms with Gasteiger partial charge in [-0.1, -0.05) is 13.8 Å². The number of nitrogens with zero attached hydrogens (tertiary/aromatic N) is 1. The van der Waals surface area contributed by atoms with Gasteiger partial charge in [0.25, 0.3) is 0 Å². The molecular formula is C14H21N3O3. The first kappa shape index (κ1) is 14.6. The van der Waals surface area contributed by atoms with Crippen molar-refractivity contribution in [2.45, 2.75) is 26.8 Å². The zero-order valence-electron chi connectivity index (χ0n) is 12.1. The largest absolute Gasteiger partial charge is 0.461 e. The van der Waals surface area contributed by atoms with Crippen LogP contribution in [0.25, 0.3) is 0 Å². The van der Waals surface area contributed by atoms with E-state index in [2.05, 4.69) is 24.1 Å². The highest BCUT2D eigenvalue weighted by Crippen LogP contribution is 2.31. The molecule has 1 aromatic heterocycles. The molecule has 1 aliphatic heterocycles. The first-order valence-corrected chi connectivity index (χ1v) is 6.72. The molecule has 0 saturated carbocycles. The molecule has 1 fully saturated rings. The van der Waals surface area contributed by atoms with Gasteiger partial charge in [0.05, 0.1) is 31.5 Å². The Morgan fingerprint density at radius 2 is 2.35 bits per heavy atom. The van der Waals surface area contributed by atoms with Crippen molar-refractivity contribution >= 4 is 17.5 Å². The second-order valence-electron chi connectivity index (χ2n) is 5.56. The summed E-state index contributed by atoms with van der Waals surface area (Å²) in [6, 6.07) is 3.33. The van der Waals surface area contributed by atoms with Crippen LogP contribution in [0.5, 0.6) is 0 Å². The molecule has 110 valence electrons. The van der Waals surface area contributed by atoms with E-state index < -0.39 is 5.97 Å². The number of nitrogens with one attached hydrogen (secondary N) is 1. The Hall–Kier alpha value is -1.82. The Kier molecular flexibility index (Phi) is 4.13. The number of hydrogen-bond donors (Lipinski definition) is 2. The van der Waals surface area contributed by atoms with Gasteiger partial charge in [-0.05, 0) is 19.1 Å². The zero-order valence-corrected chi connectivity index (χ0v) is 12.1. The van der Waals surface area contributed by atoms with E-state index >= 15 is 0 Å². The maximum atomic E-state index is 11.7. The van der Waals surface area contributed by atoms with E-state index in [0.717, 1.165) is 0 Å². The van der Waals surface area contributed by atoms with Gasteiger partial charge in [-0.3, -0.25) is 0 Å². The predicted molar refractivity (Wildman–Crippen MR) is 76.6 cm³/mol. The molecule has 0 aliphatic carbocycles. The lowest BCUT2D eigenvalue weighted by molar-refractivity contribution is 0.0519. The zero-order chi connectivity index (χ0) is 14.8. The topological polar surface area (TPSA) is 86.5 Å². The van der Waals surface area contributed by atoms with Crippen LogP contribution in [-0.4, -0.2) is 36.8 Å². The van der Waals surface area contributed by atoms with E-state index in [1.54, 1.807) is 19.1 Å². The summed E-state index contributed by atoms with van der Waals surface area (Å²) in [4.78, 5) is 15.9. The standard InChI is InChI=1S/C14H21N3O3/c1-4-20-13(18)10-6-5-9(15)12(16-10)17-11-7-19-8-14(11,2)3/h5-6,11H,4,7-8,15H2,1-3H3,(H,16,17)/t11-/m1/s1. The molecule has 0 radical (unpaired) electrons. The van der Waals surface area contributed by atoms with Gasteiger partial charge >= 0.3 is 5.97 Å². The van der Waals surface area contributed by atoms with Crippen LogP contribution in [-0.2, 0) is 9.47 Å². The van der Waals surface area contributed by atoms with Crippen LogP contribution >= 0.6 is 0 Å².